The number of aromatic nitrogens is 2. The van der Waals surface area contributed by atoms with Crippen LogP contribution < -0.4 is 11.0 Å². The number of hydrazone groups is 1. The Labute approximate surface area is 121 Å². The van der Waals surface area contributed by atoms with Gasteiger partial charge in [-0.25, -0.2) is 4.98 Å². The first-order valence-corrected chi connectivity index (χ1v) is 6.58. The largest absolute Gasteiger partial charge is 0.279 e. The first-order valence-electron chi connectivity index (χ1n) is 6.58. The second kappa shape index (κ2) is 5.58. The monoisotopic (exact) mass is 278 g/mol. The lowest BCUT2D eigenvalue weighted by molar-refractivity contribution is 1.01. The van der Waals surface area contributed by atoms with E-state index >= 15 is 0 Å². The molecule has 0 bridgehead atoms. The molecule has 0 fully saturated rings. The number of aryl methyl sites for hydroxylation is 1. The summed E-state index contributed by atoms with van der Waals surface area (Å²) in [4.78, 5) is 16.8. The highest BCUT2D eigenvalue weighted by molar-refractivity contribution is 5.81. The Morgan fingerprint density at radius 1 is 1.14 bits per heavy atom. The molecule has 104 valence electrons. The van der Waals surface area contributed by atoms with Crippen molar-refractivity contribution in [2.45, 2.75) is 6.92 Å². The van der Waals surface area contributed by atoms with E-state index in [9.17, 15) is 4.79 Å². The SMILES string of the molecule is Cc1nc2ccccn2c(=O)c1/C=N/Nc1ccccc1. The zero-order valence-corrected chi connectivity index (χ0v) is 11.5. The Hall–Kier alpha value is -2.95. The molecule has 0 saturated heterocycles. The van der Waals surface area contributed by atoms with E-state index in [0.29, 0.717) is 16.9 Å². The highest BCUT2D eigenvalue weighted by atomic mass is 16.1. The van der Waals surface area contributed by atoms with Gasteiger partial charge in [-0.3, -0.25) is 14.6 Å². The number of hydrogen-bond donors (Lipinski definition) is 1. The van der Waals surface area contributed by atoms with Crippen molar-refractivity contribution in [1.82, 2.24) is 9.38 Å². The lowest BCUT2D eigenvalue weighted by atomic mass is 10.2. The van der Waals surface area contributed by atoms with Crippen molar-refractivity contribution >= 4 is 17.5 Å². The van der Waals surface area contributed by atoms with Crippen LogP contribution in [0.5, 0.6) is 0 Å². The minimum absolute atomic E-state index is 0.128. The highest BCUT2D eigenvalue weighted by Crippen LogP contribution is 2.05. The van der Waals surface area contributed by atoms with Crippen LogP contribution in [-0.2, 0) is 0 Å². The van der Waals surface area contributed by atoms with E-state index in [4.69, 9.17) is 0 Å². The number of benzene rings is 1. The number of nitrogens with zero attached hydrogens (tertiary/aromatic N) is 3. The van der Waals surface area contributed by atoms with E-state index in [1.807, 2.05) is 36.4 Å². The fourth-order valence-corrected chi connectivity index (χ4v) is 2.05. The minimum atomic E-state index is -0.128. The Morgan fingerprint density at radius 2 is 1.90 bits per heavy atom. The number of rotatable bonds is 3. The zero-order chi connectivity index (χ0) is 14.7. The second-order valence-corrected chi connectivity index (χ2v) is 4.58. The molecule has 0 aliphatic carbocycles. The molecule has 2 heterocycles. The van der Waals surface area contributed by atoms with Crippen LogP contribution in [0.2, 0.25) is 0 Å². The summed E-state index contributed by atoms with van der Waals surface area (Å²) in [5, 5.41) is 4.11. The van der Waals surface area contributed by atoms with Gasteiger partial charge in [-0.15, -0.1) is 0 Å². The van der Waals surface area contributed by atoms with Crippen molar-refractivity contribution in [2.24, 2.45) is 5.10 Å². The summed E-state index contributed by atoms with van der Waals surface area (Å²) in [6.07, 6.45) is 3.21. The van der Waals surface area contributed by atoms with E-state index in [2.05, 4.69) is 15.5 Å². The smallest absolute Gasteiger partial charge is 0.267 e. The fourth-order valence-electron chi connectivity index (χ4n) is 2.05. The molecule has 3 rings (SSSR count). The average molecular weight is 278 g/mol. The third-order valence-corrected chi connectivity index (χ3v) is 3.12. The van der Waals surface area contributed by atoms with Crippen LogP contribution in [0.25, 0.3) is 5.65 Å². The molecule has 2 aromatic heterocycles. The molecular formula is C16H14N4O. The second-order valence-electron chi connectivity index (χ2n) is 4.58. The number of para-hydroxylation sites is 1. The quantitative estimate of drug-likeness (QED) is 0.591. The van der Waals surface area contributed by atoms with Gasteiger partial charge in [0.25, 0.3) is 5.56 Å². The number of hydrogen-bond acceptors (Lipinski definition) is 4. The molecule has 3 aromatic rings. The minimum Gasteiger partial charge on any atom is -0.279 e. The summed E-state index contributed by atoms with van der Waals surface area (Å²) in [7, 11) is 0. The van der Waals surface area contributed by atoms with Crippen LogP contribution >= 0.6 is 0 Å². The van der Waals surface area contributed by atoms with Crippen molar-refractivity contribution in [1.29, 1.82) is 0 Å². The third kappa shape index (κ3) is 2.67. The summed E-state index contributed by atoms with van der Waals surface area (Å²) in [6.45, 7) is 1.80. The van der Waals surface area contributed by atoms with Gasteiger partial charge in [0, 0.05) is 6.20 Å². The molecule has 0 saturated carbocycles. The molecule has 1 N–H and O–H groups in total. The maximum absolute atomic E-state index is 12.4. The number of anilines is 1. The molecule has 5 nitrogen and oxygen atoms in total. The first kappa shape index (κ1) is 13.1. The molecular weight excluding hydrogens is 264 g/mol. The van der Waals surface area contributed by atoms with E-state index in [1.54, 1.807) is 25.3 Å². The van der Waals surface area contributed by atoms with E-state index in [0.717, 1.165) is 5.69 Å². The number of pyridine rings is 1. The molecule has 0 unspecified atom stereocenters. The van der Waals surface area contributed by atoms with Crippen LogP contribution in [0, 0.1) is 6.92 Å². The van der Waals surface area contributed by atoms with Gasteiger partial charge in [0.05, 0.1) is 23.2 Å². The van der Waals surface area contributed by atoms with Crippen molar-refractivity contribution in [3.63, 3.8) is 0 Å². The van der Waals surface area contributed by atoms with Gasteiger partial charge < -0.3 is 0 Å². The van der Waals surface area contributed by atoms with E-state index < -0.39 is 0 Å². The summed E-state index contributed by atoms with van der Waals surface area (Å²) in [6, 6.07) is 15.0. The van der Waals surface area contributed by atoms with Crippen LogP contribution in [0.3, 0.4) is 0 Å². The molecule has 5 heteroatoms. The average Bonchev–Trinajstić information content (AvgIpc) is 2.51. The molecule has 0 amide bonds. The van der Waals surface area contributed by atoms with Gasteiger partial charge in [-0.2, -0.15) is 5.10 Å². The summed E-state index contributed by atoms with van der Waals surface area (Å²) < 4.78 is 1.51. The van der Waals surface area contributed by atoms with Gasteiger partial charge >= 0.3 is 0 Å². The third-order valence-electron chi connectivity index (χ3n) is 3.12. The van der Waals surface area contributed by atoms with Crippen molar-refractivity contribution in [3.05, 3.63) is 76.3 Å². The van der Waals surface area contributed by atoms with E-state index in [-0.39, 0.29) is 5.56 Å². The topological polar surface area (TPSA) is 58.8 Å². The molecule has 0 spiro atoms. The Bertz CT molecular complexity index is 853. The van der Waals surface area contributed by atoms with Crippen LogP contribution in [0.4, 0.5) is 5.69 Å². The molecule has 0 atom stereocenters. The predicted octanol–water partition coefficient (Wildman–Crippen LogP) is 2.45. The maximum atomic E-state index is 12.4. The van der Waals surface area contributed by atoms with Gasteiger partial charge in [0.15, 0.2) is 0 Å². The predicted molar refractivity (Wildman–Crippen MR) is 83.9 cm³/mol. The number of nitrogens with one attached hydrogen (secondary N) is 1. The van der Waals surface area contributed by atoms with E-state index in [1.165, 1.54) is 10.6 Å². The fraction of sp³-hybridized carbons (Fsp3) is 0.0625. The Kier molecular flexibility index (Phi) is 3.47. The molecule has 0 radical (unpaired) electrons. The van der Waals surface area contributed by atoms with Crippen molar-refractivity contribution < 1.29 is 0 Å². The van der Waals surface area contributed by atoms with Gasteiger partial charge in [0.2, 0.25) is 0 Å². The summed E-state index contributed by atoms with van der Waals surface area (Å²) >= 11 is 0. The molecule has 21 heavy (non-hydrogen) atoms. The molecule has 1 aromatic carbocycles. The van der Waals surface area contributed by atoms with Crippen LogP contribution in [0.15, 0.2) is 64.6 Å². The zero-order valence-electron chi connectivity index (χ0n) is 11.5. The Balaban J connectivity index is 1.95. The summed E-state index contributed by atoms with van der Waals surface area (Å²) in [5.74, 6) is 0. The molecule has 0 aliphatic rings. The van der Waals surface area contributed by atoms with Gasteiger partial charge in [-0.05, 0) is 31.2 Å². The summed E-state index contributed by atoms with van der Waals surface area (Å²) in [5.41, 5.74) is 5.39. The molecule has 0 aliphatic heterocycles. The normalized spacial score (nSPS) is 11.1. The van der Waals surface area contributed by atoms with Crippen LogP contribution in [-0.4, -0.2) is 15.6 Å². The first-order chi connectivity index (χ1) is 10.3. The van der Waals surface area contributed by atoms with Crippen molar-refractivity contribution in [3.8, 4) is 0 Å². The number of fused-ring (bicyclic) bond motifs is 1. The standard InChI is InChI=1S/C16H14N4O/c1-12-14(11-17-19-13-7-3-2-4-8-13)16(21)20-10-6-5-9-15(20)18-12/h2-11,19H,1H3/b17-11+. The van der Waals surface area contributed by atoms with Crippen molar-refractivity contribution in [2.75, 3.05) is 5.43 Å². The van der Waals surface area contributed by atoms with Crippen LogP contribution in [0.1, 0.15) is 11.3 Å². The lowest BCUT2D eigenvalue weighted by Gasteiger charge is -2.04. The van der Waals surface area contributed by atoms with Gasteiger partial charge in [-0.1, -0.05) is 24.3 Å². The highest BCUT2D eigenvalue weighted by Gasteiger charge is 2.06. The Morgan fingerprint density at radius 3 is 2.71 bits per heavy atom. The lowest BCUT2D eigenvalue weighted by Crippen LogP contribution is -2.21. The van der Waals surface area contributed by atoms with Gasteiger partial charge in [0.1, 0.15) is 5.65 Å². The maximum Gasteiger partial charge on any atom is 0.267 e.